The number of hydrogen-bond acceptors (Lipinski definition) is 3. The quantitative estimate of drug-likeness (QED) is 0.800. The Balaban J connectivity index is 2.91. The van der Waals surface area contributed by atoms with Crippen molar-refractivity contribution in [1.82, 2.24) is 5.32 Å². The second-order valence-electron chi connectivity index (χ2n) is 3.97. The van der Waals surface area contributed by atoms with E-state index in [0.717, 1.165) is 11.3 Å². The van der Waals surface area contributed by atoms with E-state index in [1.54, 1.807) is 19.2 Å². The zero-order valence-corrected chi connectivity index (χ0v) is 9.74. The summed E-state index contributed by atoms with van der Waals surface area (Å²) in [6.07, 6.45) is 0. The van der Waals surface area contributed by atoms with E-state index >= 15 is 0 Å². The van der Waals surface area contributed by atoms with Crippen molar-refractivity contribution in [2.24, 2.45) is 0 Å². The minimum absolute atomic E-state index is 0.111. The number of aromatic hydroxyl groups is 1. The Morgan fingerprint density at radius 2 is 1.93 bits per heavy atom. The van der Waals surface area contributed by atoms with Crippen LogP contribution in [-0.4, -0.2) is 18.3 Å². The molecule has 0 aromatic heterocycles. The Morgan fingerprint density at radius 1 is 1.27 bits per heavy atom. The van der Waals surface area contributed by atoms with Crippen LogP contribution in [0.15, 0.2) is 18.2 Å². The number of phenolic OH excluding ortho intramolecular Hbond substituents is 1. The van der Waals surface area contributed by atoms with Crippen LogP contribution in [0, 0.1) is 0 Å². The van der Waals surface area contributed by atoms with Crippen LogP contribution in [0.5, 0.6) is 11.5 Å². The van der Waals surface area contributed by atoms with Crippen molar-refractivity contribution in [1.29, 1.82) is 0 Å². The molecular weight excluding hydrogens is 190 g/mol. The SMILES string of the molecule is COc1ccc(O)c(C(C)NC(C)C)c1. The van der Waals surface area contributed by atoms with Gasteiger partial charge < -0.3 is 15.2 Å². The third-order valence-corrected chi connectivity index (χ3v) is 2.28. The van der Waals surface area contributed by atoms with Gasteiger partial charge in [-0.1, -0.05) is 13.8 Å². The van der Waals surface area contributed by atoms with Gasteiger partial charge in [-0.2, -0.15) is 0 Å². The first-order valence-electron chi connectivity index (χ1n) is 5.17. The fourth-order valence-corrected chi connectivity index (χ4v) is 1.60. The van der Waals surface area contributed by atoms with Gasteiger partial charge in [0.15, 0.2) is 0 Å². The predicted molar refractivity (Wildman–Crippen MR) is 61.3 cm³/mol. The van der Waals surface area contributed by atoms with Crippen molar-refractivity contribution in [3.8, 4) is 11.5 Å². The van der Waals surface area contributed by atoms with E-state index in [-0.39, 0.29) is 6.04 Å². The molecule has 0 saturated heterocycles. The minimum atomic E-state index is 0.111. The van der Waals surface area contributed by atoms with Gasteiger partial charge in [-0.15, -0.1) is 0 Å². The topological polar surface area (TPSA) is 41.5 Å². The van der Waals surface area contributed by atoms with Crippen LogP contribution in [0.25, 0.3) is 0 Å². The molecule has 0 spiro atoms. The number of benzene rings is 1. The molecule has 0 heterocycles. The summed E-state index contributed by atoms with van der Waals surface area (Å²) in [7, 11) is 1.62. The minimum Gasteiger partial charge on any atom is -0.508 e. The lowest BCUT2D eigenvalue weighted by atomic mass is 10.1. The maximum absolute atomic E-state index is 9.72. The van der Waals surface area contributed by atoms with Gasteiger partial charge in [0.25, 0.3) is 0 Å². The second-order valence-corrected chi connectivity index (χ2v) is 3.97. The largest absolute Gasteiger partial charge is 0.508 e. The van der Waals surface area contributed by atoms with Crippen LogP contribution in [0.2, 0.25) is 0 Å². The summed E-state index contributed by atoms with van der Waals surface area (Å²) in [5.74, 6) is 1.07. The molecule has 3 heteroatoms. The third kappa shape index (κ3) is 3.13. The van der Waals surface area contributed by atoms with Crippen molar-refractivity contribution in [3.05, 3.63) is 23.8 Å². The molecule has 1 unspecified atom stereocenters. The van der Waals surface area contributed by atoms with Crippen molar-refractivity contribution < 1.29 is 9.84 Å². The third-order valence-electron chi connectivity index (χ3n) is 2.28. The molecular formula is C12H19NO2. The monoisotopic (exact) mass is 209 g/mol. The van der Waals surface area contributed by atoms with Crippen LogP contribution in [0.4, 0.5) is 0 Å². The van der Waals surface area contributed by atoms with Gasteiger partial charge in [0.05, 0.1) is 7.11 Å². The molecule has 1 aromatic rings. The maximum atomic E-state index is 9.72. The molecule has 0 aliphatic carbocycles. The van der Waals surface area contributed by atoms with E-state index in [1.165, 1.54) is 0 Å². The number of methoxy groups -OCH3 is 1. The van der Waals surface area contributed by atoms with E-state index < -0.39 is 0 Å². The Bertz CT molecular complexity index is 323. The molecule has 0 aliphatic heterocycles. The highest BCUT2D eigenvalue weighted by Gasteiger charge is 2.11. The van der Waals surface area contributed by atoms with Gasteiger partial charge in [-0.25, -0.2) is 0 Å². The van der Waals surface area contributed by atoms with Gasteiger partial charge in [-0.05, 0) is 25.1 Å². The smallest absolute Gasteiger partial charge is 0.120 e. The molecule has 0 bridgehead atoms. The Morgan fingerprint density at radius 3 is 2.47 bits per heavy atom. The highest BCUT2D eigenvalue weighted by molar-refractivity contribution is 5.41. The van der Waals surface area contributed by atoms with Gasteiger partial charge in [0, 0.05) is 17.6 Å². The molecule has 0 radical (unpaired) electrons. The first-order chi connectivity index (χ1) is 7.04. The molecule has 2 N–H and O–H groups in total. The molecule has 0 amide bonds. The Hall–Kier alpha value is -1.22. The Kier molecular flexibility index (Phi) is 3.97. The molecule has 0 fully saturated rings. The van der Waals surface area contributed by atoms with E-state index in [4.69, 9.17) is 4.74 Å². The summed E-state index contributed by atoms with van der Waals surface area (Å²) in [6.45, 7) is 6.18. The standard InChI is InChI=1S/C12H19NO2/c1-8(2)13-9(3)11-7-10(15-4)5-6-12(11)14/h5-9,13-14H,1-4H3. The van der Waals surface area contributed by atoms with Crippen molar-refractivity contribution in [3.63, 3.8) is 0 Å². The van der Waals surface area contributed by atoms with E-state index in [9.17, 15) is 5.11 Å². The van der Waals surface area contributed by atoms with E-state index in [0.29, 0.717) is 11.8 Å². The summed E-state index contributed by atoms with van der Waals surface area (Å²) < 4.78 is 5.13. The molecule has 0 saturated carbocycles. The van der Waals surface area contributed by atoms with E-state index in [1.807, 2.05) is 13.0 Å². The Labute approximate surface area is 91.1 Å². The van der Waals surface area contributed by atoms with Crippen LogP contribution in [-0.2, 0) is 0 Å². The maximum Gasteiger partial charge on any atom is 0.120 e. The molecule has 1 atom stereocenters. The molecule has 1 aromatic carbocycles. The van der Waals surface area contributed by atoms with Crippen LogP contribution in [0.1, 0.15) is 32.4 Å². The predicted octanol–water partition coefficient (Wildman–Crippen LogP) is 2.46. The van der Waals surface area contributed by atoms with Gasteiger partial charge in [-0.3, -0.25) is 0 Å². The van der Waals surface area contributed by atoms with Crippen LogP contribution < -0.4 is 10.1 Å². The first-order valence-corrected chi connectivity index (χ1v) is 5.17. The van der Waals surface area contributed by atoms with Crippen LogP contribution in [0.3, 0.4) is 0 Å². The molecule has 3 nitrogen and oxygen atoms in total. The molecule has 84 valence electrons. The fourth-order valence-electron chi connectivity index (χ4n) is 1.60. The average molecular weight is 209 g/mol. The van der Waals surface area contributed by atoms with Gasteiger partial charge in [0.2, 0.25) is 0 Å². The summed E-state index contributed by atoms with van der Waals surface area (Å²) in [5, 5.41) is 13.1. The number of nitrogens with one attached hydrogen (secondary N) is 1. The highest BCUT2D eigenvalue weighted by atomic mass is 16.5. The van der Waals surface area contributed by atoms with E-state index in [2.05, 4.69) is 19.2 Å². The lowest BCUT2D eigenvalue weighted by Gasteiger charge is -2.18. The van der Waals surface area contributed by atoms with Gasteiger partial charge in [0.1, 0.15) is 11.5 Å². The van der Waals surface area contributed by atoms with Crippen molar-refractivity contribution in [2.45, 2.75) is 32.9 Å². The number of phenols is 1. The highest BCUT2D eigenvalue weighted by Crippen LogP contribution is 2.28. The summed E-state index contributed by atoms with van der Waals surface area (Å²) >= 11 is 0. The van der Waals surface area contributed by atoms with Crippen molar-refractivity contribution >= 4 is 0 Å². The lowest BCUT2D eigenvalue weighted by molar-refractivity contribution is 0.405. The zero-order valence-electron chi connectivity index (χ0n) is 9.74. The molecule has 1 rings (SSSR count). The van der Waals surface area contributed by atoms with Crippen LogP contribution >= 0.6 is 0 Å². The fraction of sp³-hybridized carbons (Fsp3) is 0.500. The summed E-state index contributed by atoms with van der Waals surface area (Å²) in [6, 6.07) is 5.76. The first kappa shape index (κ1) is 11.9. The summed E-state index contributed by atoms with van der Waals surface area (Å²) in [4.78, 5) is 0. The number of hydrogen-bond donors (Lipinski definition) is 2. The molecule has 0 aliphatic rings. The van der Waals surface area contributed by atoms with Crippen molar-refractivity contribution in [2.75, 3.05) is 7.11 Å². The molecule has 15 heavy (non-hydrogen) atoms. The number of ether oxygens (including phenoxy) is 1. The lowest BCUT2D eigenvalue weighted by Crippen LogP contribution is -2.26. The normalized spacial score (nSPS) is 12.9. The van der Waals surface area contributed by atoms with Gasteiger partial charge >= 0.3 is 0 Å². The average Bonchev–Trinajstić information content (AvgIpc) is 2.17. The second kappa shape index (κ2) is 5.03. The summed E-state index contributed by atoms with van der Waals surface area (Å²) in [5.41, 5.74) is 0.864. The number of rotatable bonds is 4. The zero-order chi connectivity index (χ0) is 11.4.